The van der Waals surface area contributed by atoms with Gasteiger partial charge in [-0.25, -0.2) is 9.97 Å². The maximum atomic E-state index is 9.47. The van der Waals surface area contributed by atoms with Gasteiger partial charge in [0.2, 0.25) is 0 Å². The summed E-state index contributed by atoms with van der Waals surface area (Å²) in [6, 6.07) is 14.8. The van der Waals surface area contributed by atoms with Gasteiger partial charge in [0, 0.05) is 24.9 Å². The van der Waals surface area contributed by atoms with Gasteiger partial charge in [0.1, 0.15) is 17.4 Å². The summed E-state index contributed by atoms with van der Waals surface area (Å²) in [5.41, 5.74) is 9.11. The van der Waals surface area contributed by atoms with Crippen molar-refractivity contribution in [1.29, 1.82) is 5.26 Å². The monoisotopic (exact) mass is 383 g/mol. The third-order valence-corrected chi connectivity index (χ3v) is 5.58. The van der Waals surface area contributed by atoms with E-state index in [2.05, 4.69) is 59.4 Å². The molecule has 3 heterocycles. The van der Waals surface area contributed by atoms with E-state index in [-0.39, 0.29) is 0 Å². The molecule has 29 heavy (non-hydrogen) atoms. The van der Waals surface area contributed by atoms with Crippen LogP contribution in [-0.4, -0.2) is 19.1 Å². The van der Waals surface area contributed by atoms with Gasteiger partial charge >= 0.3 is 0 Å². The molecule has 0 unspecified atom stereocenters. The third-order valence-electron chi connectivity index (χ3n) is 5.58. The topological polar surface area (TPSA) is 59.4 Å². The van der Waals surface area contributed by atoms with Crippen LogP contribution < -0.4 is 0 Å². The zero-order valence-corrected chi connectivity index (χ0v) is 17.6. The van der Waals surface area contributed by atoms with Crippen LogP contribution in [0.3, 0.4) is 0 Å². The van der Waals surface area contributed by atoms with Crippen molar-refractivity contribution in [3.63, 3.8) is 0 Å². The van der Waals surface area contributed by atoms with Crippen LogP contribution in [0.1, 0.15) is 40.8 Å². The Hall–Kier alpha value is -3.39. The fourth-order valence-electron chi connectivity index (χ4n) is 4.00. The van der Waals surface area contributed by atoms with Gasteiger partial charge in [-0.15, -0.1) is 0 Å². The van der Waals surface area contributed by atoms with Crippen molar-refractivity contribution in [1.82, 2.24) is 19.1 Å². The Morgan fingerprint density at radius 1 is 1.03 bits per heavy atom. The fraction of sp³-hybridized carbons (Fsp3) is 0.292. The summed E-state index contributed by atoms with van der Waals surface area (Å²) >= 11 is 0. The Labute approximate surface area is 171 Å². The van der Waals surface area contributed by atoms with Gasteiger partial charge < -0.3 is 9.13 Å². The van der Waals surface area contributed by atoms with E-state index in [1.165, 1.54) is 11.1 Å². The van der Waals surface area contributed by atoms with Crippen LogP contribution in [-0.2, 0) is 20.0 Å². The lowest BCUT2D eigenvalue weighted by Gasteiger charge is -2.10. The predicted octanol–water partition coefficient (Wildman–Crippen LogP) is 4.84. The van der Waals surface area contributed by atoms with Gasteiger partial charge in [-0.1, -0.05) is 31.2 Å². The summed E-state index contributed by atoms with van der Waals surface area (Å²) in [7, 11) is 2.00. The van der Waals surface area contributed by atoms with Gasteiger partial charge in [-0.2, -0.15) is 5.26 Å². The Morgan fingerprint density at radius 3 is 2.41 bits per heavy atom. The molecule has 0 fully saturated rings. The summed E-state index contributed by atoms with van der Waals surface area (Å²) in [5, 5.41) is 9.47. The second kappa shape index (κ2) is 7.21. The van der Waals surface area contributed by atoms with Crippen LogP contribution in [0.5, 0.6) is 0 Å². The minimum Gasteiger partial charge on any atom is -0.347 e. The standard InChI is InChI=1S/C24H25N5/c1-6-21-27-22-15(2)11-16(3)26-24(22)29(21)14-18-7-9-19(10-8-18)23-20(13-25)12-17(4)28(23)5/h7-12H,6,14H2,1-5H3. The lowest BCUT2D eigenvalue weighted by Crippen LogP contribution is -2.05. The summed E-state index contributed by atoms with van der Waals surface area (Å²) in [4.78, 5) is 9.60. The number of pyridine rings is 1. The third kappa shape index (κ3) is 3.21. The van der Waals surface area contributed by atoms with Gasteiger partial charge in [-0.05, 0) is 49.6 Å². The lowest BCUT2D eigenvalue weighted by molar-refractivity contribution is 0.745. The van der Waals surface area contributed by atoms with E-state index in [0.717, 1.165) is 52.6 Å². The van der Waals surface area contributed by atoms with E-state index in [9.17, 15) is 5.26 Å². The van der Waals surface area contributed by atoms with Crippen molar-refractivity contribution in [3.8, 4) is 17.3 Å². The highest BCUT2D eigenvalue weighted by Gasteiger charge is 2.15. The highest BCUT2D eigenvalue weighted by Crippen LogP contribution is 2.27. The molecule has 5 nitrogen and oxygen atoms in total. The first-order valence-corrected chi connectivity index (χ1v) is 9.92. The van der Waals surface area contributed by atoms with Crippen LogP contribution >= 0.6 is 0 Å². The van der Waals surface area contributed by atoms with E-state index >= 15 is 0 Å². The Kier molecular flexibility index (Phi) is 4.71. The molecule has 0 aliphatic heterocycles. The van der Waals surface area contributed by atoms with Crippen molar-refractivity contribution in [2.45, 2.75) is 40.7 Å². The zero-order valence-electron chi connectivity index (χ0n) is 17.6. The molecule has 0 aliphatic carbocycles. The molecule has 0 atom stereocenters. The number of nitrogens with zero attached hydrogens (tertiary/aromatic N) is 5. The molecule has 0 saturated carbocycles. The first kappa shape index (κ1) is 18.9. The molecule has 4 aromatic rings. The molecule has 0 saturated heterocycles. The number of nitriles is 1. The Morgan fingerprint density at radius 2 is 1.76 bits per heavy atom. The second-order valence-corrected chi connectivity index (χ2v) is 7.64. The molecule has 1 aromatic carbocycles. The van der Waals surface area contributed by atoms with Crippen molar-refractivity contribution < 1.29 is 0 Å². The minimum absolute atomic E-state index is 0.710. The summed E-state index contributed by atoms with van der Waals surface area (Å²) in [6.07, 6.45) is 0.862. The molecular formula is C24H25N5. The quantitative estimate of drug-likeness (QED) is 0.506. The maximum absolute atomic E-state index is 9.47. The SMILES string of the molecule is CCc1nc2c(C)cc(C)nc2n1Cc1ccc(-c2c(C#N)cc(C)n2C)cc1. The van der Waals surface area contributed by atoms with Gasteiger partial charge in [0.25, 0.3) is 0 Å². The van der Waals surface area contributed by atoms with Crippen LogP contribution in [0.25, 0.3) is 22.4 Å². The van der Waals surface area contributed by atoms with E-state index in [0.29, 0.717) is 5.56 Å². The molecule has 5 heteroatoms. The van der Waals surface area contributed by atoms with Crippen molar-refractivity contribution in [3.05, 3.63) is 70.3 Å². The molecule has 0 radical (unpaired) electrons. The molecule has 0 bridgehead atoms. The molecule has 0 amide bonds. The summed E-state index contributed by atoms with van der Waals surface area (Å²) in [5.74, 6) is 1.05. The van der Waals surface area contributed by atoms with Gasteiger partial charge in [0.05, 0.1) is 17.8 Å². The molecule has 146 valence electrons. The molecule has 0 N–H and O–H groups in total. The largest absolute Gasteiger partial charge is 0.347 e. The average molecular weight is 383 g/mol. The van der Waals surface area contributed by atoms with Crippen LogP contribution in [0.2, 0.25) is 0 Å². The van der Waals surface area contributed by atoms with E-state index < -0.39 is 0 Å². The number of benzene rings is 1. The smallest absolute Gasteiger partial charge is 0.160 e. The minimum atomic E-state index is 0.710. The zero-order chi connectivity index (χ0) is 20.7. The van der Waals surface area contributed by atoms with Gasteiger partial charge in [-0.3, -0.25) is 0 Å². The summed E-state index contributed by atoms with van der Waals surface area (Å²) in [6.45, 7) is 9.00. The number of rotatable bonds is 4. The van der Waals surface area contributed by atoms with E-state index in [1.807, 2.05) is 27.0 Å². The van der Waals surface area contributed by atoms with Crippen LogP contribution in [0.15, 0.2) is 36.4 Å². The highest BCUT2D eigenvalue weighted by atomic mass is 15.1. The average Bonchev–Trinajstić information content (AvgIpc) is 3.20. The summed E-state index contributed by atoms with van der Waals surface area (Å²) < 4.78 is 4.29. The number of fused-ring (bicyclic) bond motifs is 1. The lowest BCUT2D eigenvalue weighted by atomic mass is 10.1. The first-order chi connectivity index (χ1) is 13.9. The molecule has 3 aromatic heterocycles. The fourth-order valence-corrected chi connectivity index (χ4v) is 4.00. The van der Waals surface area contributed by atoms with Crippen molar-refractivity contribution >= 4 is 11.2 Å². The molecule has 0 spiro atoms. The normalized spacial score (nSPS) is 11.2. The second-order valence-electron chi connectivity index (χ2n) is 7.64. The van der Waals surface area contributed by atoms with Crippen molar-refractivity contribution in [2.75, 3.05) is 0 Å². The van der Waals surface area contributed by atoms with Crippen LogP contribution in [0, 0.1) is 32.1 Å². The Balaban J connectivity index is 1.73. The van der Waals surface area contributed by atoms with E-state index in [4.69, 9.17) is 9.97 Å². The maximum Gasteiger partial charge on any atom is 0.160 e. The highest BCUT2D eigenvalue weighted by molar-refractivity contribution is 5.76. The number of aromatic nitrogens is 4. The molecule has 4 rings (SSSR count). The number of hydrogen-bond acceptors (Lipinski definition) is 3. The number of aryl methyl sites for hydroxylation is 4. The number of imidazole rings is 1. The Bertz CT molecular complexity index is 1250. The molecule has 0 aliphatic rings. The molecular weight excluding hydrogens is 358 g/mol. The predicted molar refractivity (Wildman–Crippen MR) is 116 cm³/mol. The number of hydrogen-bond donors (Lipinski definition) is 0. The first-order valence-electron chi connectivity index (χ1n) is 9.92. The van der Waals surface area contributed by atoms with E-state index in [1.54, 1.807) is 0 Å². The van der Waals surface area contributed by atoms with Crippen molar-refractivity contribution in [2.24, 2.45) is 7.05 Å². The van der Waals surface area contributed by atoms with Gasteiger partial charge in [0.15, 0.2) is 5.65 Å². The van der Waals surface area contributed by atoms with Crippen LogP contribution in [0.4, 0.5) is 0 Å².